The van der Waals surface area contributed by atoms with E-state index in [1.54, 1.807) is 12.1 Å². The van der Waals surface area contributed by atoms with Gasteiger partial charge in [-0.2, -0.15) is 0 Å². The van der Waals surface area contributed by atoms with Gasteiger partial charge in [-0.3, -0.25) is 4.79 Å². The van der Waals surface area contributed by atoms with E-state index in [9.17, 15) is 4.79 Å². The third-order valence-corrected chi connectivity index (χ3v) is 3.64. The number of anilines is 1. The molecule has 118 valence electrons. The number of hydrogen-bond acceptors (Lipinski definition) is 3. The summed E-state index contributed by atoms with van der Waals surface area (Å²) < 4.78 is 0. The van der Waals surface area contributed by atoms with Gasteiger partial charge in [0.25, 0.3) is 0 Å². The van der Waals surface area contributed by atoms with E-state index in [1.165, 1.54) is 12.4 Å². The van der Waals surface area contributed by atoms with E-state index >= 15 is 0 Å². The summed E-state index contributed by atoms with van der Waals surface area (Å²) in [5, 5.41) is 10.8. The van der Waals surface area contributed by atoms with Gasteiger partial charge in [0.1, 0.15) is 0 Å². The van der Waals surface area contributed by atoms with Gasteiger partial charge in [0.2, 0.25) is 5.91 Å². The van der Waals surface area contributed by atoms with E-state index in [1.807, 2.05) is 36.4 Å². The van der Waals surface area contributed by atoms with E-state index < -0.39 is 0 Å². The van der Waals surface area contributed by atoms with Crippen molar-refractivity contribution in [1.29, 1.82) is 5.41 Å². The third kappa shape index (κ3) is 4.97. The second-order valence-corrected chi connectivity index (χ2v) is 5.45. The lowest BCUT2D eigenvalue weighted by Gasteiger charge is -2.07. The van der Waals surface area contributed by atoms with Crippen molar-refractivity contribution in [1.82, 2.24) is 0 Å². The lowest BCUT2D eigenvalue weighted by Crippen LogP contribution is -2.12. The summed E-state index contributed by atoms with van der Waals surface area (Å²) in [6.45, 7) is 0. The van der Waals surface area contributed by atoms with Crippen LogP contribution in [0.5, 0.6) is 0 Å². The van der Waals surface area contributed by atoms with Crippen LogP contribution in [0.25, 0.3) is 5.57 Å². The van der Waals surface area contributed by atoms with Crippen LogP contribution in [-0.4, -0.2) is 12.1 Å². The van der Waals surface area contributed by atoms with Gasteiger partial charge in [-0.1, -0.05) is 35.9 Å². The fourth-order valence-electron chi connectivity index (χ4n) is 2.11. The van der Waals surface area contributed by atoms with Gasteiger partial charge in [-0.05, 0) is 41.8 Å². The van der Waals surface area contributed by atoms with Crippen LogP contribution in [0.4, 0.5) is 5.69 Å². The summed E-state index contributed by atoms with van der Waals surface area (Å²) in [6.07, 6.45) is 3.64. The van der Waals surface area contributed by atoms with Gasteiger partial charge in [0, 0.05) is 35.1 Å². The summed E-state index contributed by atoms with van der Waals surface area (Å²) in [7, 11) is 0. The van der Waals surface area contributed by atoms with Crippen LogP contribution in [0, 0.1) is 5.41 Å². The van der Waals surface area contributed by atoms with Gasteiger partial charge in [-0.25, -0.2) is 0 Å². The number of carbonyl (C=O) groups excluding carboxylic acids is 1. The average Bonchev–Trinajstić information content (AvgIpc) is 2.57. The maximum absolute atomic E-state index is 12.0. The molecule has 0 spiro atoms. The standard InChI is InChI=1S/C18H18ClN3O/c19-16-6-1-13(2-7-16)3-10-18(23)22-17-8-4-14(5-9-17)15(11-20)12-21/h1-2,4-9,11-12,20H,3,10,21H2,(H,22,23)/b15-12+,20-11?. The van der Waals surface area contributed by atoms with E-state index in [0.29, 0.717) is 23.4 Å². The number of amides is 1. The van der Waals surface area contributed by atoms with Crippen LogP contribution in [0.15, 0.2) is 54.7 Å². The quantitative estimate of drug-likeness (QED) is 0.704. The van der Waals surface area contributed by atoms with E-state index in [2.05, 4.69) is 5.32 Å². The van der Waals surface area contributed by atoms with Crippen LogP contribution in [0.1, 0.15) is 17.5 Å². The highest BCUT2D eigenvalue weighted by molar-refractivity contribution is 6.30. The smallest absolute Gasteiger partial charge is 0.224 e. The summed E-state index contributed by atoms with van der Waals surface area (Å²) in [5.41, 5.74) is 8.70. The van der Waals surface area contributed by atoms with Crippen molar-refractivity contribution in [2.75, 3.05) is 5.32 Å². The first kappa shape index (κ1) is 16.8. The Bertz CT molecular complexity index is 706. The highest BCUT2D eigenvalue weighted by Gasteiger charge is 2.04. The molecule has 0 heterocycles. The molecule has 2 aromatic rings. The molecule has 0 saturated heterocycles. The van der Waals surface area contributed by atoms with Crippen LogP contribution in [0.3, 0.4) is 0 Å². The Morgan fingerprint density at radius 2 is 1.78 bits per heavy atom. The summed E-state index contributed by atoms with van der Waals surface area (Å²) in [6, 6.07) is 14.7. The number of allylic oxidation sites excluding steroid dienone is 1. The topological polar surface area (TPSA) is 79.0 Å². The molecule has 1 amide bonds. The first-order valence-corrected chi connectivity index (χ1v) is 7.57. The number of aryl methyl sites for hydroxylation is 1. The molecule has 4 N–H and O–H groups in total. The normalized spacial score (nSPS) is 11.1. The lowest BCUT2D eigenvalue weighted by molar-refractivity contribution is -0.116. The van der Waals surface area contributed by atoms with E-state index in [0.717, 1.165) is 16.8 Å². The molecular weight excluding hydrogens is 310 g/mol. The molecular formula is C18H18ClN3O. The van der Waals surface area contributed by atoms with Crippen molar-refractivity contribution in [2.45, 2.75) is 12.8 Å². The lowest BCUT2D eigenvalue weighted by atomic mass is 10.1. The van der Waals surface area contributed by atoms with Gasteiger partial charge in [-0.15, -0.1) is 0 Å². The Morgan fingerprint density at radius 3 is 2.35 bits per heavy atom. The van der Waals surface area contributed by atoms with Crippen molar-refractivity contribution >= 4 is 35.0 Å². The van der Waals surface area contributed by atoms with Crippen LogP contribution in [-0.2, 0) is 11.2 Å². The molecule has 0 radical (unpaired) electrons. The van der Waals surface area contributed by atoms with Crippen LogP contribution >= 0.6 is 11.6 Å². The van der Waals surface area contributed by atoms with Gasteiger partial charge < -0.3 is 16.5 Å². The molecule has 23 heavy (non-hydrogen) atoms. The fourth-order valence-corrected chi connectivity index (χ4v) is 2.23. The van der Waals surface area contributed by atoms with Crippen LogP contribution in [0.2, 0.25) is 5.02 Å². The molecule has 0 fully saturated rings. The highest BCUT2D eigenvalue weighted by atomic mass is 35.5. The number of halogens is 1. The number of nitrogens with one attached hydrogen (secondary N) is 2. The van der Waals surface area contributed by atoms with Crippen molar-refractivity contribution < 1.29 is 4.79 Å². The van der Waals surface area contributed by atoms with Crippen molar-refractivity contribution in [3.05, 3.63) is 70.9 Å². The van der Waals surface area contributed by atoms with Crippen molar-refractivity contribution in [3.63, 3.8) is 0 Å². The summed E-state index contributed by atoms with van der Waals surface area (Å²) >= 11 is 5.83. The molecule has 0 aliphatic carbocycles. The number of benzene rings is 2. The monoisotopic (exact) mass is 327 g/mol. The minimum absolute atomic E-state index is 0.0469. The zero-order valence-electron chi connectivity index (χ0n) is 12.6. The molecule has 0 saturated carbocycles. The van der Waals surface area contributed by atoms with E-state index in [4.69, 9.17) is 22.7 Å². The van der Waals surface area contributed by atoms with E-state index in [-0.39, 0.29) is 5.91 Å². The zero-order chi connectivity index (χ0) is 16.7. The van der Waals surface area contributed by atoms with Crippen molar-refractivity contribution in [2.24, 2.45) is 5.73 Å². The Kier molecular flexibility index (Phi) is 5.94. The Balaban J connectivity index is 1.90. The predicted molar refractivity (Wildman–Crippen MR) is 95.8 cm³/mol. The Hall–Kier alpha value is -2.59. The van der Waals surface area contributed by atoms with Crippen molar-refractivity contribution in [3.8, 4) is 0 Å². The Labute approximate surface area is 140 Å². The number of hydrogen-bond donors (Lipinski definition) is 3. The van der Waals surface area contributed by atoms with Gasteiger partial charge in [0.15, 0.2) is 0 Å². The maximum atomic E-state index is 12.0. The molecule has 2 rings (SSSR count). The van der Waals surface area contributed by atoms with Crippen LogP contribution < -0.4 is 11.1 Å². The second kappa shape index (κ2) is 8.15. The largest absolute Gasteiger partial charge is 0.404 e. The summed E-state index contributed by atoms with van der Waals surface area (Å²) in [5.74, 6) is -0.0469. The predicted octanol–water partition coefficient (Wildman–Crippen LogP) is 3.86. The minimum Gasteiger partial charge on any atom is -0.404 e. The molecule has 2 aromatic carbocycles. The molecule has 0 atom stereocenters. The third-order valence-electron chi connectivity index (χ3n) is 3.39. The Morgan fingerprint density at radius 1 is 1.13 bits per heavy atom. The molecule has 5 heteroatoms. The maximum Gasteiger partial charge on any atom is 0.224 e. The number of rotatable bonds is 6. The zero-order valence-corrected chi connectivity index (χ0v) is 13.3. The molecule has 4 nitrogen and oxygen atoms in total. The number of carbonyl (C=O) groups is 1. The van der Waals surface area contributed by atoms with Gasteiger partial charge in [0.05, 0.1) is 0 Å². The second-order valence-electron chi connectivity index (χ2n) is 5.02. The average molecular weight is 328 g/mol. The SMILES string of the molecule is N=C/C(=C\N)c1ccc(NC(=O)CCc2ccc(Cl)cc2)cc1. The molecule has 0 aliphatic heterocycles. The molecule has 0 unspecified atom stereocenters. The number of nitrogens with two attached hydrogens (primary N) is 1. The molecule has 0 aliphatic rings. The minimum atomic E-state index is -0.0469. The fraction of sp³-hybridized carbons (Fsp3) is 0.111. The first-order valence-electron chi connectivity index (χ1n) is 7.19. The van der Waals surface area contributed by atoms with Gasteiger partial charge >= 0.3 is 0 Å². The summed E-state index contributed by atoms with van der Waals surface area (Å²) in [4.78, 5) is 12.0. The highest BCUT2D eigenvalue weighted by Crippen LogP contribution is 2.16. The molecule has 0 bridgehead atoms. The first-order chi connectivity index (χ1) is 11.1. The molecule has 0 aromatic heterocycles.